The average molecular weight is 287 g/mol. The van der Waals surface area contributed by atoms with Gasteiger partial charge in [-0.2, -0.15) is 0 Å². The van der Waals surface area contributed by atoms with E-state index in [2.05, 4.69) is 31.2 Å². The first-order valence-corrected chi connectivity index (χ1v) is 6.64. The van der Waals surface area contributed by atoms with Gasteiger partial charge in [0.2, 0.25) is 0 Å². The minimum atomic E-state index is 0.388. The van der Waals surface area contributed by atoms with E-state index in [0.29, 0.717) is 29.1 Å². The largest absolute Gasteiger partial charge is 0.493 e. The number of nitrogens with one attached hydrogen (secondary N) is 1. The van der Waals surface area contributed by atoms with Gasteiger partial charge in [-0.3, -0.25) is 0 Å². The third kappa shape index (κ3) is 4.56. The number of likely N-dealkylation sites (N-methyl/N-ethyl adjacent to an activating group) is 1. The minimum absolute atomic E-state index is 0.388. The van der Waals surface area contributed by atoms with Crippen LogP contribution in [0, 0.1) is 0 Å². The van der Waals surface area contributed by atoms with E-state index < -0.39 is 0 Å². The predicted octanol–water partition coefficient (Wildman–Crippen LogP) is 2.40. The highest BCUT2D eigenvalue weighted by Gasteiger charge is 2.13. The van der Waals surface area contributed by atoms with Crippen LogP contribution in [0.15, 0.2) is 12.1 Å². The second-order valence-corrected chi connectivity index (χ2v) is 5.20. The van der Waals surface area contributed by atoms with Crippen LogP contribution in [-0.4, -0.2) is 45.8 Å². The van der Waals surface area contributed by atoms with Crippen molar-refractivity contribution in [3.63, 3.8) is 0 Å². The quantitative estimate of drug-likeness (QED) is 0.835. The summed E-state index contributed by atoms with van der Waals surface area (Å²) in [4.78, 5) is 2.15. The first kappa shape index (κ1) is 16.1. The topological polar surface area (TPSA) is 33.7 Å². The molecule has 1 aromatic rings. The molecule has 1 rings (SSSR count). The molecule has 0 aromatic heterocycles. The highest BCUT2D eigenvalue weighted by atomic mass is 35.5. The maximum atomic E-state index is 6.33. The van der Waals surface area contributed by atoms with E-state index in [9.17, 15) is 0 Å². The summed E-state index contributed by atoms with van der Waals surface area (Å²) in [5, 5.41) is 4.04. The van der Waals surface area contributed by atoms with Crippen molar-refractivity contribution in [3.8, 4) is 11.5 Å². The Balaban J connectivity index is 2.74. The highest BCUT2D eigenvalue weighted by molar-refractivity contribution is 6.33. The Kier molecular flexibility index (Phi) is 6.42. The van der Waals surface area contributed by atoms with Crippen molar-refractivity contribution in [1.82, 2.24) is 10.2 Å². The van der Waals surface area contributed by atoms with Gasteiger partial charge in [0.15, 0.2) is 11.5 Å². The Bertz CT molecular complexity index is 411. The molecule has 19 heavy (non-hydrogen) atoms. The van der Waals surface area contributed by atoms with E-state index in [-0.39, 0.29) is 0 Å². The number of halogens is 1. The first-order valence-electron chi connectivity index (χ1n) is 6.27. The molecule has 1 N–H and O–H groups in total. The van der Waals surface area contributed by atoms with Crippen LogP contribution in [0.3, 0.4) is 0 Å². The summed E-state index contributed by atoms with van der Waals surface area (Å²) in [6.45, 7) is 3.83. The fourth-order valence-electron chi connectivity index (χ4n) is 1.96. The molecule has 1 atom stereocenters. The van der Waals surface area contributed by atoms with Crippen molar-refractivity contribution in [2.75, 3.05) is 34.9 Å². The van der Waals surface area contributed by atoms with Crippen LogP contribution >= 0.6 is 11.6 Å². The smallest absolute Gasteiger partial charge is 0.179 e. The molecule has 5 heteroatoms. The van der Waals surface area contributed by atoms with E-state index in [4.69, 9.17) is 21.1 Å². The number of rotatable bonds is 7. The Hall–Kier alpha value is -0.970. The summed E-state index contributed by atoms with van der Waals surface area (Å²) in [7, 11) is 7.31. The van der Waals surface area contributed by atoms with Gasteiger partial charge in [0, 0.05) is 19.1 Å². The fourth-order valence-corrected chi connectivity index (χ4v) is 2.26. The van der Waals surface area contributed by atoms with E-state index in [1.807, 2.05) is 12.1 Å². The van der Waals surface area contributed by atoms with Crippen LogP contribution < -0.4 is 14.8 Å². The lowest BCUT2D eigenvalue weighted by Crippen LogP contribution is -2.35. The molecule has 0 aliphatic carbocycles. The van der Waals surface area contributed by atoms with E-state index >= 15 is 0 Å². The average Bonchev–Trinajstić information content (AvgIpc) is 2.36. The zero-order valence-electron chi connectivity index (χ0n) is 12.3. The number of methoxy groups -OCH3 is 2. The van der Waals surface area contributed by atoms with Gasteiger partial charge in [0.1, 0.15) is 0 Å². The lowest BCUT2D eigenvalue weighted by molar-refractivity contribution is 0.347. The van der Waals surface area contributed by atoms with Gasteiger partial charge < -0.3 is 19.7 Å². The Labute approximate surface area is 120 Å². The maximum Gasteiger partial charge on any atom is 0.179 e. The second-order valence-electron chi connectivity index (χ2n) is 4.82. The Morgan fingerprint density at radius 3 is 2.47 bits per heavy atom. The monoisotopic (exact) mass is 286 g/mol. The van der Waals surface area contributed by atoms with Gasteiger partial charge in [0.05, 0.1) is 19.2 Å². The third-order valence-corrected chi connectivity index (χ3v) is 3.26. The molecule has 4 nitrogen and oxygen atoms in total. The van der Waals surface area contributed by atoms with E-state index in [1.165, 1.54) is 0 Å². The van der Waals surface area contributed by atoms with Crippen LogP contribution in [0.2, 0.25) is 5.02 Å². The molecule has 1 aromatic carbocycles. The van der Waals surface area contributed by atoms with Gasteiger partial charge in [-0.1, -0.05) is 17.7 Å². The van der Waals surface area contributed by atoms with E-state index in [0.717, 1.165) is 12.1 Å². The first-order chi connectivity index (χ1) is 8.99. The van der Waals surface area contributed by atoms with Crippen molar-refractivity contribution in [2.45, 2.75) is 19.5 Å². The number of hydrogen-bond acceptors (Lipinski definition) is 4. The van der Waals surface area contributed by atoms with Crippen LogP contribution in [0.4, 0.5) is 0 Å². The van der Waals surface area contributed by atoms with Crippen LogP contribution in [0.5, 0.6) is 11.5 Å². The normalized spacial score (nSPS) is 12.6. The molecule has 0 bridgehead atoms. The number of hydrogen-bond donors (Lipinski definition) is 1. The summed E-state index contributed by atoms with van der Waals surface area (Å²) in [5.41, 5.74) is 1.00. The summed E-state index contributed by atoms with van der Waals surface area (Å²) in [5.74, 6) is 1.24. The van der Waals surface area contributed by atoms with Gasteiger partial charge in [-0.15, -0.1) is 0 Å². The van der Waals surface area contributed by atoms with Gasteiger partial charge in [-0.05, 0) is 32.6 Å². The summed E-state index contributed by atoms with van der Waals surface area (Å²) >= 11 is 6.33. The fraction of sp³-hybridized carbons (Fsp3) is 0.571. The molecule has 0 saturated heterocycles. The molecule has 1 unspecified atom stereocenters. The van der Waals surface area contributed by atoms with Crippen molar-refractivity contribution >= 4 is 11.6 Å². The van der Waals surface area contributed by atoms with Crippen molar-refractivity contribution in [2.24, 2.45) is 0 Å². The van der Waals surface area contributed by atoms with Crippen LogP contribution in [0.1, 0.15) is 12.5 Å². The third-order valence-electron chi connectivity index (χ3n) is 2.84. The molecule has 108 valence electrons. The molecule has 0 spiro atoms. The lowest BCUT2D eigenvalue weighted by atomic mass is 10.2. The van der Waals surface area contributed by atoms with Gasteiger partial charge in [-0.25, -0.2) is 0 Å². The van der Waals surface area contributed by atoms with Crippen molar-refractivity contribution in [1.29, 1.82) is 0 Å². The van der Waals surface area contributed by atoms with Crippen LogP contribution in [-0.2, 0) is 6.54 Å². The van der Waals surface area contributed by atoms with Gasteiger partial charge >= 0.3 is 0 Å². The molecular weight excluding hydrogens is 264 g/mol. The predicted molar refractivity (Wildman–Crippen MR) is 79.4 cm³/mol. The summed E-state index contributed by atoms with van der Waals surface area (Å²) < 4.78 is 10.5. The van der Waals surface area contributed by atoms with Crippen LogP contribution in [0.25, 0.3) is 0 Å². The Morgan fingerprint density at radius 2 is 1.95 bits per heavy atom. The second kappa shape index (κ2) is 7.58. The van der Waals surface area contributed by atoms with E-state index in [1.54, 1.807) is 14.2 Å². The summed E-state index contributed by atoms with van der Waals surface area (Å²) in [6, 6.07) is 4.22. The van der Waals surface area contributed by atoms with Gasteiger partial charge in [0.25, 0.3) is 0 Å². The number of nitrogens with zero attached hydrogens (tertiary/aromatic N) is 1. The molecule has 0 radical (unpaired) electrons. The SMILES string of the molecule is COc1ccc(CNC(C)CN(C)C)c(Cl)c1OC. The molecule has 0 saturated carbocycles. The highest BCUT2D eigenvalue weighted by Crippen LogP contribution is 2.37. The number of ether oxygens (including phenoxy) is 2. The zero-order valence-corrected chi connectivity index (χ0v) is 13.0. The Morgan fingerprint density at radius 1 is 1.26 bits per heavy atom. The standard InChI is InChI=1S/C14H23ClN2O2/c1-10(9-17(2)3)16-8-11-6-7-12(18-4)14(19-5)13(11)15/h6-7,10,16H,8-9H2,1-5H3. The number of benzene rings is 1. The molecular formula is C14H23ClN2O2. The lowest BCUT2D eigenvalue weighted by Gasteiger charge is -2.19. The van der Waals surface area contributed by atoms with Crippen molar-refractivity contribution in [3.05, 3.63) is 22.7 Å². The molecule has 0 aliphatic rings. The molecule has 0 amide bonds. The maximum absolute atomic E-state index is 6.33. The van der Waals surface area contributed by atoms with Crippen molar-refractivity contribution < 1.29 is 9.47 Å². The molecule has 0 heterocycles. The molecule has 0 aliphatic heterocycles. The molecule has 0 fully saturated rings. The zero-order chi connectivity index (χ0) is 14.4. The summed E-state index contributed by atoms with van der Waals surface area (Å²) in [6.07, 6.45) is 0. The minimum Gasteiger partial charge on any atom is -0.493 e.